The van der Waals surface area contributed by atoms with Gasteiger partial charge in [-0.1, -0.05) is 24.3 Å². The van der Waals surface area contributed by atoms with Crippen molar-refractivity contribution >= 4 is 0 Å². The molecular formula is C9H12N2. The minimum Gasteiger partial charge on any atom is -0.300 e. The number of rotatable bonds is 0. The quantitative estimate of drug-likeness (QED) is 0.569. The summed E-state index contributed by atoms with van der Waals surface area (Å²) in [6, 6.07) is 8.53. The molecule has 1 aromatic rings. The van der Waals surface area contributed by atoms with E-state index in [-0.39, 0.29) is 0 Å². The van der Waals surface area contributed by atoms with Crippen LogP contribution in [0.2, 0.25) is 0 Å². The van der Waals surface area contributed by atoms with Gasteiger partial charge in [0.1, 0.15) is 0 Å². The fourth-order valence-corrected chi connectivity index (χ4v) is 1.39. The second-order valence-electron chi connectivity index (χ2n) is 2.80. The topological polar surface area (TPSA) is 24.1 Å². The van der Waals surface area contributed by atoms with Gasteiger partial charge in [-0.3, -0.25) is 0 Å². The molecule has 0 fully saturated rings. The highest BCUT2D eigenvalue weighted by molar-refractivity contribution is 5.27. The summed E-state index contributed by atoms with van der Waals surface area (Å²) < 4.78 is 0. The molecule has 0 amide bonds. The molecule has 1 aliphatic heterocycles. The Bertz CT molecular complexity index is 220. The van der Waals surface area contributed by atoms with Crippen LogP contribution in [-0.2, 0) is 13.1 Å². The summed E-state index contributed by atoms with van der Waals surface area (Å²) in [6.07, 6.45) is 0. The van der Waals surface area contributed by atoms with Crippen LogP contribution in [0.4, 0.5) is 0 Å². The number of benzene rings is 1. The molecule has 11 heavy (non-hydrogen) atoms. The van der Waals surface area contributed by atoms with Crippen molar-refractivity contribution < 1.29 is 0 Å². The lowest BCUT2D eigenvalue weighted by Crippen LogP contribution is -2.24. The van der Waals surface area contributed by atoms with E-state index < -0.39 is 0 Å². The van der Waals surface area contributed by atoms with Crippen LogP contribution in [0.3, 0.4) is 0 Å². The van der Waals surface area contributed by atoms with Gasteiger partial charge in [-0.05, 0) is 11.1 Å². The fraction of sp³-hybridized carbons (Fsp3) is 0.333. The van der Waals surface area contributed by atoms with Crippen molar-refractivity contribution in [1.82, 2.24) is 10.6 Å². The maximum atomic E-state index is 3.29. The van der Waals surface area contributed by atoms with E-state index in [0.717, 1.165) is 19.8 Å². The van der Waals surface area contributed by atoms with Gasteiger partial charge >= 0.3 is 0 Å². The molecule has 0 aromatic heterocycles. The molecule has 0 aliphatic carbocycles. The smallest absolute Gasteiger partial charge is 0.0459 e. The molecule has 0 atom stereocenters. The van der Waals surface area contributed by atoms with Crippen LogP contribution in [-0.4, -0.2) is 6.67 Å². The van der Waals surface area contributed by atoms with Crippen molar-refractivity contribution in [2.45, 2.75) is 13.1 Å². The lowest BCUT2D eigenvalue weighted by atomic mass is 10.1. The van der Waals surface area contributed by atoms with Gasteiger partial charge < -0.3 is 10.6 Å². The molecule has 0 bridgehead atoms. The van der Waals surface area contributed by atoms with Gasteiger partial charge in [0.25, 0.3) is 0 Å². The van der Waals surface area contributed by atoms with Crippen LogP contribution in [0.15, 0.2) is 24.3 Å². The maximum Gasteiger partial charge on any atom is 0.0459 e. The van der Waals surface area contributed by atoms with E-state index in [4.69, 9.17) is 0 Å². The highest BCUT2D eigenvalue weighted by Gasteiger charge is 2.03. The zero-order valence-corrected chi connectivity index (χ0v) is 6.43. The van der Waals surface area contributed by atoms with Crippen LogP contribution < -0.4 is 10.6 Å². The Morgan fingerprint density at radius 2 is 1.45 bits per heavy atom. The highest BCUT2D eigenvalue weighted by Crippen LogP contribution is 2.09. The van der Waals surface area contributed by atoms with Gasteiger partial charge in [0.2, 0.25) is 0 Å². The van der Waals surface area contributed by atoms with Gasteiger partial charge in [0.15, 0.2) is 0 Å². The van der Waals surface area contributed by atoms with E-state index in [1.165, 1.54) is 11.1 Å². The third-order valence-electron chi connectivity index (χ3n) is 2.00. The largest absolute Gasteiger partial charge is 0.300 e. The Hall–Kier alpha value is -0.860. The first kappa shape index (κ1) is 6.83. The average molecular weight is 148 g/mol. The van der Waals surface area contributed by atoms with Crippen molar-refractivity contribution in [2.24, 2.45) is 0 Å². The Balaban J connectivity index is 2.33. The second-order valence-corrected chi connectivity index (χ2v) is 2.80. The molecule has 2 N–H and O–H groups in total. The standard InChI is InChI=1S/C9H12N2/c1-2-4-9-6-11-7-10-5-8(9)3-1/h1-4,10-11H,5-7H2. The Morgan fingerprint density at radius 3 is 2.00 bits per heavy atom. The monoisotopic (exact) mass is 148 g/mol. The third-order valence-corrected chi connectivity index (χ3v) is 2.00. The molecule has 0 unspecified atom stereocenters. The molecule has 2 heteroatoms. The third kappa shape index (κ3) is 1.42. The van der Waals surface area contributed by atoms with Crippen molar-refractivity contribution in [3.63, 3.8) is 0 Å². The molecular weight excluding hydrogens is 136 g/mol. The first-order chi connectivity index (χ1) is 5.47. The number of fused-ring (bicyclic) bond motifs is 1. The molecule has 1 aromatic carbocycles. The lowest BCUT2D eigenvalue weighted by molar-refractivity contribution is 0.611. The van der Waals surface area contributed by atoms with E-state index in [2.05, 4.69) is 34.9 Å². The average Bonchev–Trinajstić information content (AvgIpc) is 2.28. The van der Waals surface area contributed by atoms with Crippen LogP contribution in [0, 0.1) is 0 Å². The molecule has 1 heterocycles. The normalized spacial score (nSPS) is 17.1. The molecule has 58 valence electrons. The minimum atomic E-state index is 0.911. The van der Waals surface area contributed by atoms with Crippen molar-refractivity contribution in [1.29, 1.82) is 0 Å². The summed E-state index contributed by atoms with van der Waals surface area (Å²) in [5.41, 5.74) is 2.83. The summed E-state index contributed by atoms with van der Waals surface area (Å²) in [5.74, 6) is 0. The van der Waals surface area contributed by atoms with Gasteiger partial charge in [-0.2, -0.15) is 0 Å². The highest BCUT2D eigenvalue weighted by atomic mass is 15.1. The van der Waals surface area contributed by atoms with E-state index >= 15 is 0 Å². The first-order valence-electron chi connectivity index (χ1n) is 3.95. The second kappa shape index (κ2) is 3.03. The SMILES string of the molecule is c1ccc2c(c1)CNCNC2. The zero-order valence-electron chi connectivity index (χ0n) is 6.43. The van der Waals surface area contributed by atoms with E-state index in [1.54, 1.807) is 0 Å². The Kier molecular flexibility index (Phi) is 1.88. The number of hydrogen-bond acceptors (Lipinski definition) is 2. The van der Waals surface area contributed by atoms with Crippen molar-refractivity contribution in [2.75, 3.05) is 6.67 Å². The predicted octanol–water partition coefficient (Wildman–Crippen LogP) is 0.837. The van der Waals surface area contributed by atoms with Gasteiger partial charge in [-0.15, -0.1) is 0 Å². The molecule has 1 aliphatic rings. The van der Waals surface area contributed by atoms with Crippen LogP contribution in [0.1, 0.15) is 11.1 Å². The van der Waals surface area contributed by atoms with E-state index in [0.29, 0.717) is 0 Å². The molecule has 0 saturated carbocycles. The van der Waals surface area contributed by atoms with Crippen molar-refractivity contribution in [3.05, 3.63) is 35.4 Å². The maximum absolute atomic E-state index is 3.29. The van der Waals surface area contributed by atoms with Gasteiger partial charge in [0.05, 0.1) is 0 Å². The summed E-state index contributed by atoms with van der Waals surface area (Å²) >= 11 is 0. The molecule has 2 rings (SSSR count). The van der Waals surface area contributed by atoms with Crippen LogP contribution in [0.25, 0.3) is 0 Å². The summed E-state index contributed by atoms with van der Waals surface area (Å²) in [6.45, 7) is 2.89. The molecule has 2 nitrogen and oxygen atoms in total. The van der Waals surface area contributed by atoms with Crippen LogP contribution >= 0.6 is 0 Å². The Morgan fingerprint density at radius 1 is 0.909 bits per heavy atom. The van der Waals surface area contributed by atoms with E-state index in [9.17, 15) is 0 Å². The van der Waals surface area contributed by atoms with E-state index in [1.807, 2.05) is 0 Å². The van der Waals surface area contributed by atoms with Crippen LogP contribution in [0.5, 0.6) is 0 Å². The van der Waals surface area contributed by atoms with Gasteiger partial charge in [0, 0.05) is 19.8 Å². The number of hydrogen-bond donors (Lipinski definition) is 2. The summed E-state index contributed by atoms with van der Waals surface area (Å²) in [7, 11) is 0. The fourth-order valence-electron chi connectivity index (χ4n) is 1.39. The number of nitrogens with one attached hydrogen (secondary N) is 2. The predicted molar refractivity (Wildman–Crippen MR) is 45.0 cm³/mol. The first-order valence-corrected chi connectivity index (χ1v) is 3.95. The molecule has 0 radical (unpaired) electrons. The summed E-state index contributed by atoms with van der Waals surface area (Å²) in [4.78, 5) is 0. The zero-order chi connectivity index (χ0) is 7.52. The molecule has 0 spiro atoms. The Labute approximate surface area is 66.6 Å². The lowest BCUT2D eigenvalue weighted by Gasteiger charge is -2.02. The summed E-state index contributed by atoms with van der Waals surface area (Å²) in [5, 5.41) is 6.58. The molecule has 0 saturated heterocycles. The minimum absolute atomic E-state index is 0.911. The van der Waals surface area contributed by atoms with Crippen molar-refractivity contribution in [3.8, 4) is 0 Å². The van der Waals surface area contributed by atoms with Gasteiger partial charge in [-0.25, -0.2) is 0 Å².